The van der Waals surface area contributed by atoms with Gasteiger partial charge in [0.25, 0.3) is 0 Å². The molecule has 7 heteroatoms. The minimum absolute atomic E-state index is 0.00280. The van der Waals surface area contributed by atoms with E-state index >= 15 is 0 Å². The van der Waals surface area contributed by atoms with E-state index in [4.69, 9.17) is 5.11 Å². The smallest absolute Gasteiger partial charge is 0.317 e. The van der Waals surface area contributed by atoms with Gasteiger partial charge in [0.1, 0.15) is 0 Å². The number of urea groups is 1. The first kappa shape index (κ1) is 13.6. The molecule has 3 amide bonds. The Kier molecular flexibility index (Phi) is 4.24. The number of carboxylic acid groups (broad SMARTS) is 1. The first-order valence-corrected chi connectivity index (χ1v) is 6.62. The van der Waals surface area contributed by atoms with Gasteiger partial charge in [-0.15, -0.1) is 0 Å². The Morgan fingerprint density at radius 2 is 2.21 bits per heavy atom. The molecule has 0 aromatic rings. The standard InChI is InChI=1S/C12H19N3O4/c16-10-4-3-8(14-10)7-13-12(19)15-5-1-2-9(15)6-11(17)18/h8-9H,1-7H2,(H,13,19)(H,14,16)(H,17,18). The van der Waals surface area contributed by atoms with Crippen LogP contribution >= 0.6 is 0 Å². The van der Waals surface area contributed by atoms with Gasteiger partial charge in [0.15, 0.2) is 0 Å². The van der Waals surface area contributed by atoms with Crippen molar-refractivity contribution < 1.29 is 19.5 Å². The van der Waals surface area contributed by atoms with Gasteiger partial charge in [-0.1, -0.05) is 0 Å². The van der Waals surface area contributed by atoms with Crippen molar-refractivity contribution in [3.05, 3.63) is 0 Å². The molecule has 0 aromatic carbocycles. The number of aliphatic carboxylic acids is 1. The molecule has 0 bridgehead atoms. The van der Waals surface area contributed by atoms with E-state index in [-0.39, 0.29) is 30.4 Å². The zero-order valence-electron chi connectivity index (χ0n) is 10.7. The van der Waals surface area contributed by atoms with Crippen LogP contribution in [0.15, 0.2) is 0 Å². The Morgan fingerprint density at radius 3 is 2.84 bits per heavy atom. The molecule has 0 spiro atoms. The Hall–Kier alpha value is -1.79. The highest BCUT2D eigenvalue weighted by molar-refractivity contribution is 5.79. The summed E-state index contributed by atoms with van der Waals surface area (Å²) < 4.78 is 0. The van der Waals surface area contributed by atoms with E-state index in [1.54, 1.807) is 4.90 Å². The highest BCUT2D eigenvalue weighted by atomic mass is 16.4. The molecule has 2 rings (SSSR count). The molecule has 2 atom stereocenters. The largest absolute Gasteiger partial charge is 0.481 e. The lowest BCUT2D eigenvalue weighted by atomic mass is 10.1. The van der Waals surface area contributed by atoms with Crippen molar-refractivity contribution in [2.75, 3.05) is 13.1 Å². The number of hydrogen-bond donors (Lipinski definition) is 3. The zero-order valence-corrected chi connectivity index (χ0v) is 10.7. The maximum absolute atomic E-state index is 12.0. The van der Waals surface area contributed by atoms with Crippen LogP contribution in [-0.4, -0.2) is 53.1 Å². The van der Waals surface area contributed by atoms with Crippen LogP contribution in [0.2, 0.25) is 0 Å². The maximum Gasteiger partial charge on any atom is 0.317 e. The topological polar surface area (TPSA) is 98.7 Å². The van der Waals surface area contributed by atoms with Crippen molar-refractivity contribution in [2.45, 2.75) is 44.2 Å². The first-order valence-electron chi connectivity index (χ1n) is 6.62. The summed E-state index contributed by atoms with van der Waals surface area (Å²) in [6, 6.07) is -0.447. The van der Waals surface area contributed by atoms with Gasteiger partial charge in [-0.3, -0.25) is 9.59 Å². The van der Waals surface area contributed by atoms with Crippen LogP contribution < -0.4 is 10.6 Å². The van der Waals surface area contributed by atoms with E-state index in [1.165, 1.54) is 0 Å². The van der Waals surface area contributed by atoms with E-state index < -0.39 is 5.97 Å². The van der Waals surface area contributed by atoms with Crippen molar-refractivity contribution >= 4 is 17.9 Å². The lowest BCUT2D eigenvalue weighted by molar-refractivity contribution is -0.138. The van der Waals surface area contributed by atoms with E-state index in [0.717, 1.165) is 19.3 Å². The summed E-state index contributed by atoms with van der Waals surface area (Å²) >= 11 is 0. The quantitative estimate of drug-likeness (QED) is 0.664. The summed E-state index contributed by atoms with van der Waals surface area (Å²) in [7, 11) is 0. The average Bonchev–Trinajstić information content (AvgIpc) is 2.94. The molecule has 2 saturated heterocycles. The van der Waals surface area contributed by atoms with Crippen LogP contribution in [0.5, 0.6) is 0 Å². The number of carbonyl (C=O) groups excluding carboxylic acids is 2. The SMILES string of the molecule is O=C(O)CC1CCCN1C(=O)NCC1CCC(=O)N1. The number of carboxylic acids is 1. The molecule has 0 aromatic heterocycles. The predicted molar refractivity (Wildman–Crippen MR) is 66.5 cm³/mol. The highest BCUT2D eigenvalue weighted by Crippen LogP contribution is 2.20. The number of amides is 3. The van der Waals surface area contributed by atoms with Gasteiger partial charge in [-0.25, -0.2) is 4.79 Å². The zero-order chi connectivity index (χ0) is 13.8. The van der Waals surface area contributed by atoms with Crippen LogP contribution in [0.25, 0.3) is 0 Å². The number of likely N-dealkylation sites (tertiary alicyclic amines) is 1. The second kappa shape index (κ2) is 5.90. The highest BCUT2D eigenvalue weighted by Gasteiger charge is 2.31. The molecule has 2 aliphatic heterocycles. The summed E-state index contributed by atoms with van der Waals surface area (Å²) in [5, 5.41) is 14.3. The van der Waals surface area contributed by atoms with Crippen LogP contribution in [-0.2, 0) is 9.59 Å². The second-order valence-corrected chi connectivity index (χ2v) is 5.08. The maximum atomic E-state index is 12.0. The molecular formula is C12H19N3O4. The predicted octanol–water partition coefficient (Wildman–Crippen LogP) is -0.0863. The third kappa shape index (κ3) is 3.59. The Bertz CT molecular complexity index is 385. The van der Waals surface area contributed by atoms with E-state index in [0.29, 0.717) is 19.5 Å². The van der Waals surface area contributed by atoms with Gasteiger partial charge in [-0.05, 0) is 19.3 Å². The lowest BCUT2D eigenvalue weighted by Gasteiger charge is -2.24. The molecule has 0 radical (unpaired) electrons. The van der Waals surface area contributed by atoms with Gasteiger partial charge >= 0.3 is 12.0 Å². The molecule has 19 heavy (non-hydrogen) atoms. The van der Waals surface area contributed by atoms with Crippen molar-refractivity contribution in [3.8, 4) is 0 Å². The molecule has 7 nitrogen and oxygen atoms in total. The summed E-state index contributed by atoms with van der Waals surface area (Å²) in [5.74, 6) is -0.864. The van der Waals surface area contributed by atoms with Gasteiger partial charge in [-0.2, -0.15) is 0 Å². The van der Waals surface area contributed by atoms with Crippen molar-refractivity contribution in [1.82, 2.24) is 15.5 Å². The monoisotopic (exact) mass is 269 g/mol. The Labute approximate surface area is 111 Å². The summed E-state index contributed by atoms with van der Waals surface area (Å²) in [6.45, 7) is 1.00. The van der Waals surface area contributed by atoms with Gasteiger partial charge in [0, 0.05) is 31.6 Å². The minimum Gasteiger partial charge on any atom is -0.481 e. The fourth-order valence-corrected chi connectivity index (χ4v) is 2.66. The number of carbonyl (C=O) groups is 3. The third-order valence-electron chi connectivity index (χ3n) is 3.63. The van der Waals surface area contributed by atoms with Crippen molar-refractivity contribution in [2.24, 2.45) is 0 Å². The fourth-order valence-electron chi connectivity index (χ4n) is 2.66. The molecule has 0 saturated carbocycles. The summed E-state index contributed by atoms with van der Waals surface area (Å²) in [5.41, 5.74) is 0. The van der Waals surface area contributed by atoms with Crippen LogP contribution in [0.4, 0.5) is 4.79 Å². The Morgan fingerprint density at radius 1 is 1.42 bits per heavy atom. The van der Waals surface area contributed by atoms with E-state index in [2.05, 4.69) is 10.6 Å². The lowest BCUT2D eigenvalue weighted by Crippen LogP contribution is -2.47. The molecule has 3 N–H and O–H groups in total. The molecule has 2 unspecified atom stereocenters. The van der Waals surface area contributed by atoms with Gasteiger partial charge in [0.2, 0.25) is 5.91 Å². The van der Waals surface area contributed by atoms with Crippen LogP contribution in [0, 0.1) is 0 Å². The summed E-state index contributed by atoms with van der Waals surface area (Å²) in [4.78, 5) is 35.3. The first-order chi connectivity index (χ1) is 9.06. The molecule has 0 aliphatic carbocycles. The fraction of sp³-hybridized carbons (Fsp3) is 0.750. The Balaban J connectivity index is 1.78. The summed E-state index contributed by atoms with van der Waals surface area (Å²) in [6.07, 6.45) is 2.81. The van der Waals surface area contributed by atoms with Crippen molar-refractivity contribution in [1.29, 1.82) is 0 Å². The van der Waals surface area contributed by atoms with Crippen LogP contribution in [0.1, 0.15) is 32.1 Å². The second-order valence-electron chi connectivity index (χ2n) is 5.08. The average molecular weight is 269 g/mol. The molecule has 2 heterocycles. The number of nitrogens with one attached hydrogen (secondary N) is 2. The van der Waals surface area contributed by atoms with Gasteiger partial charge in [0.05, 0.1) is 6.42 Å². The van der Waals surface area contributed by atoms with E-state index in [1.807, 2.05) is 0 Å². The third-order valence-corrected chi connectivity index (χ3v) is 3.63. The number of nitrogens with zero attached hydrogens (tertiary/aromatic N) is 1. The molecular weight excluding hydrogens is 250 g/mol. The van der Waals surface area contributed by atoms with Gasteiger partial charge < -0.3 is 20.6 Å². The van der Waals surface area contributed by atoms with Crippen molar-refractivity contribution in [3.63, 3.8) is 0 Å². The molecule has 106 valence electrons. The molecule has 2 fully saturated rings. The normalized spacial score (nSPS) is 26.3. The van der Waals surface area contributed by atoms with E-state index in [9.17, 15) is 14.4 Å². The molecule has 2 aliphatic rings. The minimum atomic E-state index is -0.882. The number of hydrogen-bond acceptors (Lipinski definition) is 3. The number of rotatable bonds is 4. The van der Waals surface area contributed by atoms with Crippen LogP contribution in [0.3, 0.4) is 0 Å².